The van der Waals surface area contributed by atoms with Crippen LogP contribution in [0, 0.1) is 5.92 Å². The normalized spacial score (nSPS) is 16.4. The molecule has 3 nitrogen and oxygen atoms in total. The molecule has 84 valence electrons. The molecule has 0 fully saturated rings. The Kier molecular flexibility index (Phi) is 5.13. The Morgan fingerprint density at radius 1 is 1.43 bits per heavy atom. The van der Waals surface area contributed by atoms with Gasteiger partial charge in [0.15, 0.2) is 0 Å². The van der Waals surface area contributed by atoms with Gasteiger partial charge in [-0.05, 0) is 26.2 Å². The molecule has 2 atom stereocenters. The number of hydrogen-bond acceptors (Lipinski definition) is 2. The number of hydrogen-bond donors (Lipinski definition) is 2. The Morgan fingerprint density at radius 3 is 2.21 bits per heavy atom. The molecule has 0 aliphatic carbocycles. The third-order valence-electron chi connectivity index (χ3n) is 2.95. The molecule has 0 bridgehead atoms. The van der Waals surface area contributed by atoms with E-state index in [1.807, 2.05) is 6.92 Å². The standard InChI is InChI=1S/C11H24N2O/c1-6-8(3)9(10(12)14)13-11(4,5)7-2/h8-9,13H,6-7H2,1-5H3,(H2,12,14)/t8-,9-/m1/s1. The second kappa shape index (κ2) is 5.35. The van der Waals surface area contributed by atoms with Gasteiger partial charge in [0.1, 0.15) is 0 Å². The molecule has 14 heavy (non-hydrogen) atoms. The number of primary amides is 1. The second-order valence-electron chi connectivity index (χ2n) is 4.65. The highest BCUT2D eigenvalue weighted by Crippen LogP contribution is 2.14. The van der Waals surface area contributed by atoms with Crippen LogP contribution in [0.4, 0.5) is 0 Å². The monoisotopic (exact) mass is 200 g/mol. The summed E-state index contributed by atoms with van der Waals surface area (Å²) >= 11 is 0. The fourth-order valence-corrected chi connectivity index (χ4v) is 1.25. The molecule has 0 radical (unpaired) electrons. The summed E-state index contributed by atoms with van der Waals surface area (Å²) in [6.07, 6.45) is 1.94. The minimum Gasteiger partial charge on any atom is -0.368 e. The molecule has 0 aliphatic rings. The minimum absolute atomic E-state index is 0.0247. The Bertz CT molecular complexity index is 190. The molecule has 0 aromatic rings. The Morgan fingerprint density at radius 2 is 1.93 bits per heavy atom. The van der Waals surface area contributed by atoms with E-state index >= 15 is 0 Å². The van der Waals surface area contributed by atoms with Crippen LogP contribution in [0.1, 0.15) is 47.5 Å². The third-order valence-corrected chi connectivity index (χ3v) is 2.95. The number of carbonyl (C=O) groups excluding carboxylic acids is 1. The summed E-state index contributed by atoms with van der Waals surface area (Å²) in [7, 11) is 0. The zero-order chi connectivity index (χ0) is 11.4. The number of nitrogens with one attached hydrogen (secondary N) is 1. The summed E-state index contributed by atoms with van der Waals surface area (Å²) in [5.41, 5.74) is 5.35. The molecule has 1 amide bonds. The van der Waals surface area contributed by atoms with Crippen LogP contribution >= 0.6 is 0 Å². The molecule has 0 rings (SSSR count). The smallest absolute Gasteiger partial charge is 0.234 e. The van der Waals surface area contributed by atoms with Gasteiger partial charge in [0, 0.05) is 5.54 Å². The molecule has 3 heteroatoms. The van der Waals surface area contributed by atoms with E-state index in [0.717, 1.165) is 12.8 Å². The maximum Gasteiger partial charge on any atom is 0.234 e. The number of amides is 1. The number of nitrogens with two attached hydrogens (primary N) is 1. The fourth-order valence-electron chi connectivity index (χ4n) is 1.25. The van der Waals surface area contributed by atoms with Crippen LogP contribution in [0.15, 0.2) is 0 Å². The molecule has 0 saturated carbocycles. The quantitative estimate of drug-likeness (QED) is 0.685. The summed E-state index contributed by atoms with van der Waals surface area (Å²) in [6, 6.07) is -0.213. The predicted molar refractivity (Wildman–Crippen MR) is 59.9 cm³/mol. The second-order valence-corrected chi connectivity index (χ2v) is 4.65. The van der Waals surface area contributed by atoms with Crippen molar-refractivity contribution in [3.63, 3.8) is 0 Å². The van der Waals surface area contributed by atoms with E-state index < -0.39 is 0 Å². The average Bonchev–Trinajstić information content (AvgIpc) is 2.13. The van der Waals surface area contributed by atoms with Gasteiger partial charge in [-0.15, -0.1) is 0 Å². The molecule has 0 spiro atoms. The third kappa shape index (κ3) is 4.09. The summed E-state index contributed by atoms with van der Waals surface area (Å²) in [6.45, 7) is 10.4. The van der Waals surface area contributed by atoms with Gasteiger partial charge in [-0.1, -0.05) is 27.2 Å². The maximum absolute atomic E-state index is 11.3. The van der Waals surface area contributed by atoms with Crippen molar-refractivity contribution >= 4 is 5.91 Å². The Hall–Kier alpha value is -0.570. The zero-order valence-corrected chi connectivity index (χ0v) is 10.1. The van der Waals surface area contributed by atoms with Crippen LogP contribution in [0.5, 0.6) is 0 Å². The van der Waals surface area contributed by atoms with Crippen LogP contribution in [0.25, 0.3) is 0 Å². The van der Waals surface area contributed by atoms with Gasteiger partial charge in [-0.2, -0.15) is 0 Å². The molecule has 0 aromatic carbocycles. The first-order valence-corrected chi connectivity index (χ1v) is 5.41. The lowest BCUT2D eigenvalue weighted by atomic mass is 9.93. The van der Waals surface area contributed by atoms with E-state index in [1.165, 1.54) is 0 Å². The van der Waals surface area contributed by atoms with E-state index in [1.54, 1.807) is 0 Å². The first kappa shape index (κ1) is 13.4. The van der Waals surface area contributed by atoms with Gasteiger partial charge >= 0.3 is 0 Å². The molecular formula is C11H24N2O. The molecule has 0 heterocycles. The Balaban J connectivity index is 4.45. The van der Waals surface area contributed by atoms with Crippen LogP contribution in [0.2, 0.25) is 0 Å². The summed E-state index contributed by atoms with van der Waals surface area (Å²) in [5.74, 6) is 0.0409. The van der Waals surface area contributed by atoms with E-state index in [0.29, 0.717) is 5.92 Å². The van der Waals surface area contributed by atoms with Crippen LogP contribution in [-0.4, -0.2) is 17.5 Å². The molecule has 3 N–H and O–H groups in total. The van der Waals surface area contributed by atoms with Crippen LogP contribution in [0.3, 0.4) is 0 Å². The first-order chi connectivity index (χ1) is 6.34. The molecule has 0 aromatic heterocycles. The van der Waals surface area contributed by atoms with Crippen molar-refractivity contribution in [2.45, 2.75) is 59.0 Å². The average molecular weight is 200 g/mol. The number of carbonyl (C=O) groups is 1. The topological polar surface area (TPSA) is 55.1 Å². The van der Waals surface area contributed by atoms with Crippen molar-refractivity contribution in [3.05, 3.63) is 0 Å². The highest BCUT2D eigenvalue weighted by molar-refractivity contribution is 5.80. The van der Waals surface area contributed by atoms with E-state index in [4.69, 9.17) is 5.73 Å². The molecule has 0 unspecified atom stereocenters. The largest absolute Gasteiger partial charge is 0.368 e. The number of rotatable bonds is 6. The highest BCUT2D eigenvalue weighted by Gasteiger charge is 2.27. The van der Waals surface area contributed by atoms with Gasteiger partial charge in [0.25, 0.3) is 0 Å². The minimum atomic E-state index is -0.249. The van der Waals surface area contributed by atoms with Crippen LogP contribution < -0.4 is 11.1 Å². The van der Waals surface area contributed by atoms with Gasteiger partial charge in [-0.25, -0.2) is 0 Å². The molecule has 0 saturated heterocycles. The van der Waals surface area contributed by atoms with Crippen molar-refractivity contribution in [2.75, 3.05) is 0 Å². The lowest BCUT2D eigenvalue weighted by molar-refractivity contribution is -0.121. The predicted octanol–water partition coefficient (Wildman–Crippen LogP) is 1.66. The van der Waals surface area contributed by atoms with Crippen molar-refractivity contribution in [2.24, 2.45) is 11.7 Å². The van der Waals surface area contributed by atoms with E-state index in [9.17, 15) is 4.79 Å². The van der Waals surface area contributed by atoms with E-state index in [2.05, 4.69) is 33.0 Å². The lowest BCUT2D eigenvalue weighted by Crippen LogP contribution is -2.54. The van der Waals surface area contributed by atoms with Gasteiger partial charge in [0.2, 0.25) is 5.91 Å². The van der Waals surface area contributed by atoms with Crippen LogP contribution in [-0.2, 0) is 4.79 Å². The Labute approximate surface area is 87.4 Å². The molecular weight excluding hydrogens is 176 g/mol. The van der Waals surface area contributed by atoms with Gasteiger partial charge < -0.3 is 11.1 Å². The van der Waals surface area contributed by atoms with Crippen molar-refractivity contribution in [1.29, 1.82) is 0 Å². The lowest BCUT2D eigenvalue weighted by Gasteiger charge is -2.32. The highest BCUT2D eigenvalue weighted by atomic mass is 16.1. The fraction of sp³-hybridized carbons (Fsp3) is 0.909. The SMILES string of the molecule is CC[C@@H](C)[C@@H](NC(C)(C)CC)C(N)=O. The first-order valence-electron chi connectivity index (χ1n) is 5.41. The summed E-state index contributed by atoms with van der Waals surface area (Å²) in [4.78, 5) is 11.3. The van der Waals surface area contributed by atoms with Gasteiger partial charge in [-0.3, -0.25) is 4.79 Å². The van der Waals surface area contributed by atoms with Crippen molar-refractivity contribution in [3.8, 4) is 0 Å². The molecule has 0 aliphatic heterocycles. The maximum atomic E-state index is 11.3. The summed E-state index contributed by atoms with van der Waals surface area (Å²) < 4.78 is 0. The van der Waals surface area contributed by atoms with Crippen molar-refractivity contribution in [1.82, 2.24) is 5.32 Å². The summed E-state index contributed by atoms with van der Waals surface area (Å²) in [5, 5.41) is 3.32. The van der Waals surface area contributed by atoms with Crippen molar-refractivity contribution < 1.29 is 4.79 Å². The van der Waals surface area contributed by atoms with E-state index in [-0.39, 0.29) is 17.5 Å². The van der Waals surface area contributed by atoms with Gasteiger partial charge in [0.05, 0.1) is 6.04 Å². The zero-order valence-electron chi connectivity index (χ0n) is 10.1.